The first-order chi connectivity index (χ1) is 9.95. The van der Waals surface area contributed by atoms with Gasteiger partial charge in [-0.05, 0) is 52.3 Å². The molecule has 1 unspecified atom stereocenters. The van der Waals surface area contributed by atoms with Gasteiger partial charge in [0.2, 0.25) is 0 Å². The first-order valence-corrected chi connectivity index (χ1v) is 8.01. The van der Waals surface area contributed by atoms with E-state index in [1.807, 2.05) is 0 Å². The summed E-state index contributed by atoms with van der Waals surface area (Å²) in [6.07, 6.45) is 1.06. The van der Waals surface area contributed by atoms with Crippen LogP contribution in [0.15, 0.2) is 18.2 Å². The van der Waals surface area contributed by atoms with E-state index in [0.717, 1.165) is 32.7 Å². The highest BCUT2D eigenvalue weighted by Gasteiger charge is 2.35. The molecule has 1 saturated heterocycles. The Hall–Kier alpha value is -0.900. The Morgan fingerprint density at radius 1 is 1.24 bits per heavy atom. The SMILES string of the molecule is CNC(Cc1cc(C)ccc1C)C(C)(C)N1CCOCC1. The van der Waals surface area contributed by atoms with Crippen molar-refractivity contribution in [1.29, 1.82) is 0 Å². The highest BCUT2D eigenvalue weighted by Crippen LogP contribution is 2.24. The van der Waals surface area contributed by atoms with E-state index in [0.29, 0.717) is 6.04 Å². The molecule has 118 valence electrons. The second-order valence-corrected chi connectivity index (χ2v) is 6.73. The lowest BCUT2D eigenvalue weighted by molar-refractivity contribution is -0.0223. The normalized spacial score (nSPS) is 18.7. The molecular formula is C18H30N2O. The largest absolute Gasteiger partial charge is 0.379 e. The number of hydrogen-bond donors (Lipinski definition) is 1. The minimum Gasteiger partial charge on any atom is -0.379 e. The van der Waals surface area contributed by atoms with Gasteiger partial charge < -0.3 is 10.1 Å². The second-order valence-electron chi connectivity index (χ2n) is 6.73. The number of morpholine rings is 1. The number of likely N-dealkylation sites (N-methyl/N-ethyl adjacent to an activating group) is 1. The predicted octanol–water partition coefficient (Wildman–Crippen LogP) is 2.54. The van der Waals surface area contributed by atoms with E-state index in [-0.39, 0.29) is 5.54 Å². The van der Waals surface area contributed by atoms with Crippen LogP contribution in [0.4, 0.5) is 0 Å². The lowest BCUT2D eigenvalue weighted by Crippen LogP contribution is -2.60. The highest BCUT2D eigenvalue weighted by molar-refractivity contribution is 5.31. The van der Waals surface area contributed by atoms with Crippen molar-refractivity contribution in [1.82, 2.24) is 10.2 Å². The Morgan fingerprint density at radius 2 is 1.90 bits per heavy atom. The maximum Gasteiger partial charge on any atom is 0.0594 e. The van der Waals surface area contributed by atoms with Crippen molar-refractivity contribution in [3.8, 4) is 0 Å². The van der Waals surface area contributed by atoms with E-state index in [1.54, 1.807) is 0 Å². The molecule has 0 radical (unpaired) electrons. The Balaban J connectivity index is 2.16. The van der Waals surface area contributed by atoms with Crippen LogP contribution < -0.4 is 5.32 Å². The Bertz CT molecular complexity index is 464. The summed E-state index contributed by atoms with van der Waals surface area (Å²) in [6.45, 7) is 12.8. The molecule has 1 N–H and O–H groups in total. The van der Waals surface area contributed by atoms with E-state index >= 15 is 0 Å². The number of aryl methyl sites for hydroxylation is 2. The summed E-state index contributed by atoms with van der Waals surface area (Å²) in [5.74, 6) is 0. The van der Waals surface area contributed by atoms with Gasteiger partial charge in [-0.15, -0.1) is 0 Å². The average molecular weight is 290 g/mol. The monoisotopic (exact) mass is 290 g/mol. The fourth-order valence-electron chi connectivity index (χ4n) is 3.31. The van der Waals surface area contributed by atoms with Crippen LogP contribution in [0.5, 0.6) is 0 Å². The van der Waals surface area contributed by atoms with Crippen LogP contribution in [0, 0.1) is 13.8 Å². The molecule has 0 amide bonds. The summed E-state index contributed by atoms with van der Waals surface area (Å²) in [5, 5.41) is 3.55. The van der Waals surface area contributed by atoms with Gasteiger partial charge in [0, 0.05) is 24.7 Å². The Labute approximate surface area is 129 Å². The van der Waals surface area contributed by atoms with Crippen LogP contribution in [-0.2, 0) is 11.2 Å². The zero-order valence-corrected chi connectivity index (χ0v) is 14.2. The van der Waals surface area contributed by atoms with Crippen molar-refractivity contribution in [2.45, 2.75) is 45.7 Å². The van der Waals surface area contributed by atoms with Gasteiger partial charge in [-0.1, -0.05) is 23.8 Å². The molecule has 21 heavy (non-hydrogen) atoms. The zero-order chi connectivity index (χ0) is 15.5. The van der Waals surface area contributed by atoms with Crippen molar-refractivity contribution in [3.63, 3.8) is 0 Å². The number of nitrogens with one attached hydrogen (secondary N) is 1. The van der Waals surface area contributed by atoms with Crippen LogP contribution in [0.2, 0.25) is 0 Å². The number of benzene rings is 1. The van der Waals surface area contributed by atoms with Crippen LogP contribution in [0.25, 0.3) is 0 Å². The van der Waals surface area contributed by atoms with E-state index in [1.165, 1.54) is 16.7 Å². The van der Waals surface area contributed by atoms with Crippen molar-refractivity contribution in [2.24, 2.45) is 0 Å². The summed E-state index contributed by atoms with van der Waals surface area (Å²) in [7, 11) is 2.08. The van der Waals surface area contributed by atoms with Gasteiger partial charge in [0.15, 0.2) is 0 Å². The maximum absolute atomic E-state index is 5.50. The van der Waals surface area contributed by atoms with E-state index in [4.69, 9.17) is 4.74 Å². The first-order valence-electron chi connectivity index (χ1n) is 8.01. The Morgan fingerprint density at radius 3 is 2.52 bits per heavy atom. The number of nitrogens with zero attached hydrogens (tertiary/aromatic N) is 1. The second kappa shape index (κ2) is 6.91. The summed E-state index contributed by atoms with van der Waals surface area (Å²) in [6, 6.07) is 7.19. The molecule has 1 atom stereocenters. The first kappa shape index (κ1) is 16.5. The fourth-order valence-corrected chi connectivity index (χ4v) is 3.31. The minimum atomic E-state index is 0.120. The lowest BCUT2D eigenvalue weighted by atomic mass is 9.86. The van der Waals surface area contributed by atoms with Crippen LogP contribution in [-0.4, -0.2) is 49.8 Å². The molecule has 0 aliphatic carbocycles. The van der Waals surface area contributed by atoms with Gasteiger partial charge in [0.05, 0.1) is 13.2 Å². The number of rotatable bonds is 5. The molecule has 0 bridgehead atoms. The summed E-state index contributed by atoms with van der Waals surface area (Å²) >= 11 is 0. The van der Waals surface area contributed by atoms with Crippen molar-refractivity contribution in [3.05, 3.63) is 34.9 Å². The quantitative estimate of drug-likeness (QED) is 0.902. The number of hydrogen-bond acceptors (Lipinski definition) is 3. The Kier molecular flexibility index (Phi) is 5.42. The zero-order valence-electron chi connectivity index (χ0n) is 14.2. The molecule has 1 aliphatic rings. The molecule has 0 saturated carbocycles. The predicted molar refractivity (Wildman–Crippen MR) is 88.9 cm³/mol. The van der Waals surface area contributed by atoms with E-state index in [2.05, 4.69) is 63.2 Å². The third-order valence-electron chi connectivity index (χ3n) is 4.96. The fraction of sp³-hybridized carbons (Fsp3) is 0.667. The van der Waals surface area contributed by atoms with Gasteiger partial charge in [0.25, 0.3) is 0 Å². The summed E-state index contributed by atoms with van der Waals surface area (Å²) in [5.41, 5.74) is 4.30. The molecule has 1 fully saturated rings. The molecule has 3 heteroatoms. The van der Waals surface area contributed by atoms with Crippen molar-refractivity contribution < 1.29 is 4.74 Å². The lowest BCUT2D eigenvalue weighted by Gasteiger charge is -2.46. The van der Waals surface area contributed by atoms with Gasteiger partial charge in [-0.3, -0.25) is 4.90 Å². The van der Waals surface area contributed by atoms with Gasteiger partial charge in [0.1, 0.15) is 0 Å². The maximum atomic E-state index is 5.50. The molecule has 0 aromatic heterocycles. The molecule has 1 aromatic carbocycles. The van der Waals surface area contributed by atoms with Crippen molar-refractivity contribution >= 4 is 0 Å². The van der Waals surface area contributed by atoms with Crippen molar-refractivity contribution in [2.75, 3.05) is 33.4 Å². The molecule has 1 aromatic rings. The van der Waals surface area contributed by atoms with Crippen LogP contribution in [0.1, 0.15) is 30.5 Å². The molecule has 1 aliphatic heterocycles. The summed E-state index contributed by atoms with van der Waals surface area (Å²) < 4.78 is 5.50. The van der Waals surface area contributed by atoms with E-state index < -0.39 is 0 Å². The standard InChI is InChI=1S/C18H30N2O/c1-14-6-7-15(2)16(12-14)13-17(19-5)18(3,4)20-8-10-21-11-9-20/h6-7,12,17,19H,8-11,13H2,1-5H3. The summed E-state index contributed by atoms with van der Waals surface area (Å²) in [4.78, 5) is 2.56. The number of ether oxygens (including phenoxy) is 1. The molecule has 2 rings (SSSR count). The average Bonchev–Trinajstić information content (AvgIpc) is 2.48. The molecule has 0 spiro atoms. The topological polar surface area (TPSA) is 24.5 Å². The van der Waals surface area contributed by atoms with Gasteiger partial charge in [-0.2, -0.15) is 0 Å². The van der Waals surface area contributed by atoms with Gasteiger partial charge in [-0.25, -0.2) is 0 Å². The van der Waals surface area contributed by atoms with Crippen LogP contribution in [0.3, 0.4) is 0 Å². The van der Waals surface area contributed by atoms with Gasteiger partial charge >= 0.3 is 0 Å². The third kappa shape index (κ3) is 3.85. The molecule has 1 heterocycles. The third-order valence-corrected chi connectivity index (χ3v) is 4.96. The highest BCUT2D eigenvalue weighted by atomic mass is 16.5. The molecular weight excluding hydrogens is 260 g/mol. The minimum absolute atomic E-state index is 0.120. The smallest absolute Gasteiger partial charge is 0.0594 e. The van der Waals surface area contributed by atoms with E-state index in [9.17, 15) is 0 Å². The van der Waals surface area contributed by atoms with Crippen LogP contribution >= 0.6 is 0 Å². The molecule has 3 nitrogen and oxygen atoms in total.